The number of hydrogen-bond acceptors (Lipinski definition) is 5. The van der Waals surface area contributed by atoms with E-state index in [1.54, 1.807) is 7.11 Å². The van der Waals surface area contributed by atoms with Gasteiger partial charge >= 0.3 is 0 Å². The number of ether oxygens (including phenoxy) is 1. The Morgan fingerprint density at radius 1 is 1.36 bits per heavy atom. The van der Waals surface area contributed by atoms with Crippen LogP contribution in [0.15, 0.2) is 28.7 Å². The number of rotatable bonds is 4. The molecule has 0 N–H and O–H groups in total. The Morgan fingerprint density at radius 3 is 2.68 bits per heavy atom. The van der Waals surface area contributed by atoms with Crippen molar-refractivity contribution in [3.63, 3.8) is 0 Å². The van der Waals surface area contributed by atoms with E-state index < -0.39 is 0 Å². The number of nitrogens with zero attached hydrogens (tertiary/aromatic N) is 3. The second-order valence-electron chi connectivity index (χ2n) is 6.24. The summed E-state index contributed by atoms with van der Waals surface area (Å²) in [5.41, 5.74) is 1.15. The quantitative estimate of drug-likeness (QED) is 0.864. The molecule has 22 heavy (non-hydrogen) atoms. The molecule has 0 radical (unpaired) electrons. The summed E-state index contributed by atoms with van der Waals surface area (Å²) >= 11 is 0. The molecule has 0 fully saturated rings. The van der Waals surface area contributed by atoms with Crippen LogP contribution in [0.3, 0.4) is 0 Å². The maximum Gasteiger partial charge on any atom is 0.234 e. The van der Waals surface area contributed by atoms with Gasteiger partial charge in [0.1, 0.15) is 11.8 Å². The summed E-state index contributed by atoms with van der Waals surface area (Å²) in [6.07, 6.45) is 0. The molecule has 0 aliphatic carbocycles. The van der Waals surface area contributed by atoms with Crippen LogP contribution in [0.1, 0.15) is 37.9 Å². The van der Waals surface area contributed by atoms with Gasteiger partial charge in [-0.2, -0.15) is 10.2 Å². The maximum absolute atomic E-state index is 9.28. The first-order valence-electron chi connectivity index (χ1n) is 7.10. The molecule has 1 heterocycles. The molecule has 1 aromatic carbocycles. The lowest BCUT2D eigenvalue weighted by atomic mass is 9.97. The van der Waals surface area contributed by atoms with Crippen molar-refractivity contribution in [3.05, 3.63) is 41.4 Å². The molecule has 0 amide bonds. The number of aromatic nitrogens is 1. The molecular formula is C17H21N3O2. The highest BCUT2D eigenvalue weighted by molar-refractivity contribution is 5.48. The van der Waals surface area contributed by atoms with Crippen LogP contribution in [-0.4, -0.2) is 19.1 Å². The fourth-order valence-corrected chi connectivity index (χ4v) is 2.08. The standard InChI is InChI=1S/C17H21N3O2/c1-17(2,3)16-19-14(10-18)15(22-16)20(4)11-12-7-6-8-13(9-12)21-5/h6-9H,11H2,1-5H3. The van der Waals surface area contributed by atoms with Crippen molar-refractivity contribution in [1.82, 2.24) is 4.98 Å². The molecule has 5 nitrogen and oxygen atoms in total. The maximum atomic E-state index is 9.28. The first-order chi connectivity index (χ1) is 10.3. The van der Waals surface area contributed by atoms with Crippen LogP contribution in [0.2, 0.25) is 0 Å². The van der Waals surface area contributed by atoms with Gasteiger partial charge in [0, 0.05) is 19.0 Å². The van der Waals surface area contributed by atoms with Crippen molar-refractivity contribution in [2.24, 2.45) is 0 Å². The molecule has 0 aliphatic rings. The zero-order valence-electron chi connectivity index (χ0n) is 13.7. The predicted molar refractivity (Wildman–Crippen MR) is 85.0 cm³/mol. The summed E-state index contributed by atoms with van der Waals surface area (Å²) < 4.78 is 11.1. The molecule has 2 aromatic rings. The molecule has 0 bridgehead atoms. The minimum absolute atomic E-state index is 0.235. The Labute approximate surface area is 131 Å². The van der Waals surface area contributed by atoms with Crippen molar-refractivity contribution in [3.8, 4) is 11.8 Å². The number of hydrogen-bond donors (Lipinski definition) is 0. The van der Waals surface area contributed by atoms with E-state index in [4.69, 9.17) is 9.15 Å². The van der Waals surface area contributed by atoms with E-state index in [-0.39, 0.29) is 5.41 Å². The minimum atomic E-state index is -0.235. The van der Waals surface area contributed by atoms with E-state index in [1.165, 1.54) is 0 Å². The third-order valence-electron chi connectivity index (χ3n) is 3.26. The second-order valence-corrected chi connectivity index (χ2v) is 6.24. The summed E-state index contributed by atoms with van der Waals surface area (Å²) in [5, 5.41) is 9.28. The van der Waals surface area contributed by atoms with Crippen molar-refractivity contribution in [2.75, 3.05) is 19.1 Å². The predicted octanol–water partition coefficient (Wildman–Crippen LogP) is 3.49. The molecule has 0 saturated carbocycles. The van der Waals surface area contributed by atoms with Crippen LogP contribution >= 0.6 is 0 Å². The van der Waals surface area contributed by atoms with Crippen molar-refractivity contribution < 1.29 is 9.15 Å². The zero-order chi connectivity index (χ0) is 16.3. The molecular weight excluding hydrogens is 278 g/mol. The number of oxazole rings is 1. The summed E-state index contributed by atoms with van der Waals surface area (Å²) in [6, 6.07) is 9.91. The Morgan fingerprint density at radius 2 is 2.09 bits per heavy atom. The Balaban J connectivity index is 2.27. The average molecular weight is 299 g/mol. The van der Waals surface area contributed by atoms with Gasteiger partial charge in [-0.05, 0) is 17.7 Å². The molecule has 0 unspecified atom stereocenters. The fourth-order valence-electron chi connectivity index (χ4n) is 2.08. The lowest BCUT2D eigenvalue weighted by molar-refractivity contribution is 0.393. The van der Waals surface area contributed by atoms with Gasteiger partial charge in [0.25, 0.3) is 0 Å². The van der Waals surface area contributed by atoms with Crippen LogP contribution < -0.4 is 9.64 Å². The molecule has 5 heteroatoms. The average Bonchev–Trinajstić information content (AvgIpc) is 2.92. The number of nitriles is 1. The van der Waals surface area contributed by atoms with Gasteiger partial charge in [-0.15, -0.1) is 0 Å². The highest BCUT2D eigenvalue weighted by Crippen LogP contribution is 2.29. The van der Waals surface area contributed by atoms with Gasteiger partial charge in [-0.1, -0.05) is 32.9 Å². The Hall–Kier alpha value is -2.48. The largest absolute Gasteiger partial charge is 0.497 e. The summed E-state index contributed by atoms with van der Waals surface area (Å²) in [5.74, 6) is 1.87. The van der Waals surface area contributed by atoms with Crippen molar-refractivity contribution >= 4 is 5.88 Å². The molecule has 1 aromatic heterocycles. The second kappa shape index (κ2) is 6.10. The lowest BCUT2D eigenvalue weighted by Crippen LogP contribution is -2.17. The highest BCUT2D eigenvalue weighted by atomic mass is 16.5. The van der Waals surface area contributed by atoms with Crippen LogP contribution in [0, 0.1) is 11.3 Å². The van der Waals surface area contributed by atoms with Crippen molar-refractivity contribution in [2.45, 2.75) is 32.7 Å². The van der Waals surface area contributed by atoms with Gasteiger partial charge in [-0.25, -0.2) is 0 Å². The molecule has 2 rings (SSSR count). The van der Waals surface area contributed by atoms with Gasteiger partial charge in [0.15, 0.2) is 0 Å². The lowest BCUT2D eigenvalue weighted by Gasteiger charge is -2.17. The molecule has 0 atom stereocenters. The normalized spacial score (nSPS) is 11.1. The van der Waals surface area contributed by atoms with Crippen molar-refractivity contribution in [1.29, 1.82) is 5.26 Å². The molecule has 116 valence electrons. The van der Waals surface area contributed by atoms with Crippen LogP contribution in [0.5, 0.6) is 5.75 Å². The smallest absolute Gasteiger partial charge is 0.234 e. The molecule has 0 saturated heterocycles. The van der Waals surface area contributed by atoms with Crippen LogP contribution in [0.25, 0.3) is 0 Å². The Kier molecular flexibility index (Phi) is 4.41. The number of benzene rings is 1. The number of methoxy groups -OCH3 is 1. The minimum Gasteiger partial charge on any atom is -0.497 e. The summed E-state index contributed by atoms with van der Waals surface area (Å²) in [6.45, 7) is 6.62. The van der Waals surface area contributed by atoms with Crippen LogP contribution in [-0.2, 0) is 12.0 Å². The third kappa shape index (κ3) is 3.40. The monoisotopic (exact) mass is 299 g/mol. The van der Waals surface area contributed by atoms with E-state index in [0.29, 0.717) is 24.0 Å². The van der Waals surface area contributed by atoms with Crippen LogP contribution in [0.4, 0.5) is 5.88 Å². The topological polar surface area (TPSA) is 62.3 Å². The summed E-state index contributed by atoms with van der Waals surface area (Å²) in [4.78, 5) is 6.19. The third-order valence-corrected chi connectivity index (χ3v) is 3.26. The molecule has 0 aliphatic heterocycles. The van der Waals surface area contributed by atoms with Gasteiger partial charge in [-0.3, -0.25) is 0 Å². The van der Waals surface area contributed by atoms with E-state index >= 15 is 0 Å². The van der Waals surface area contributed by atoms with E-state index in [0.717, 1.165) is 11.3 Å². The Bertz CT molecular complexity index is 693. The molecule has 0 spiro atoms. The van der Waals surface area contributed by atoms with Gasteiger partial charge < -0.3 is 14.1 Å². The highest BCUT2D eigenvalue weighted by Gasteiger charge is 2.25. The van der Waals surface area contributed by atoms with Gasteiger partial charge in [0.2, 0.25) is 17.5 Å². The van der Waals surface area contributed by atoms with E-state index in [2.05, 4.69) is 11.1 Å². The number of anilines is 1. The SMILES string of the molecule is COc1cccc(CN(C)c2oc(C(C)(C)C)nc2C#N)c1. The fraction of sp³-hybridized carbons (Fsp3) is 0.412. The zero-order valence-corrected chi connectivity index (χ0v) is 13.7. The van der Waals surface area contributed by atoms with E-state index in [9.17, 15) is 5.26 Å². The summed E-state index contributed by atoms with van der Waals surface area (Å²) in [7, 11) is 3.52. The first kappa shape index (κ1) is 15.9. The van der Waals surface area contributed by atoms with E-state index in [1.807, 2.05) is 57.0 Å². The first-order valence-corrected chi connectivity index (χ1v) is 7.10. The van der Waals surface area contributed by atoms with Gasteiger partial charge in [0.05, 0.1) is 7.11 Å².